The van der Waals surface area contributed by atoms with Crippen LogP contribution in [0.3, 0.4) is 0 Å². The summed E-state index contributed by atoms with van der Waals surface area (Å²) in [5.41, 5.74) is 2.18. The summed E-state index contributed by atoms with van der Waals surface area (Å²) < 4.78 is 0. The van der Waals surface area contributed by atoms with Crippen molar-refractivity contribution >= 4 is 58.2 Å². The minimum Gasteiger partial charge on any atom is -0.352 e. The lowest BCUT2D eigenvalue weighted by molar-refractivity contribution is -0.117. The lowest BCUT2D eigenvalue weighted by atomic mass is 10.1. The van der Waals surface area contributed by atoms with E-state index in [2.05, 4.69) is 16.0 Å². The third-order valence-electron chi connectivity index (χ3n) is 4.84. The normalized spacial score (nSPS) is 12.1. The Bertz CT molecular complexity index is 1080. The average Bonchev–Trinajstić information content (AvgIpc) is 2.81. The molecule has 2 rings (SSSR count). The Balaban J connectivity index is 2.11. The molecule has 1 atom stereocenters. The fourth-order valence-corrected chi connectivity index (χ4v) is 3.42. The lowest BCUT2D eigenvalue weighted by Crippen LogP contribution is -2.24. The fraction of sp³-hybridized carbons (Fsp3) is 0.320. The monoisotopic (exact) mass is 523 g/mol. The van der Waals surface area contributed by atoms with E-state index in [0.29, 0.717) is 29.8 Å². The Morgan fingerprint density at radius 1 is 0.971 bits per heavy atom. The molecule has 34 heavy (non-hydrogen) atoms. The summed E-state index contributed by atoms with van der Waals surface area (Å²) in [5, 5.41) is 8.81. The number of alkyl halides is 1. The van der Waals surface area contributed by atoms with E-state index in [1.165, 1.54) is 6.07 Å². The first kappa shape index (κ1) is 27.7. The summed E-state index contributed by atoms with van der Waals surface area (Å²) in [7, 11) is 0. The number of hydrogen-bond donors (Lipinski definition) is 3. The Morgan fingerprint density at radius 3 is 2.26 bits per heavy atom. The number of amides is 3. The average molecular weight is 525 g/mol. The van der Waals surface area contributed by atoms with Gasteiger partial charge in [-0.25, -0.2) is 0 Å². The molecule has 0 aliphatic heterocycles. The Hall–Kier alpha value is -2.54. The van der Waals surface area contributed by atoms with Crippen LogP contribution >= 0.6 is 34.8 Å². The first-order valence-corrected chi connectivity index (χ1v) is 12.1. The van der Waals surface area contributed by atoms with E-state index < -0.39 is 5.91 Å². The molecule has 0 heterocycles. The van der Waals surface area contributed by atoms with Gasteiger partial charge in [-0.05, 0) is 62.6 Å². The maximum Gasteiger partial charge on any atom is 0.257 e. The van der Waals surface area contributed by atoms with Crippen molar-refractivity contribution in [1.29, 1.82) is 0 Å². The molecule has 0 aromatic heterocycles. The Morgan fingerprint density at radius 2 is 1.62 bits per heavy atom. The second kappa shape index (κ2) is 13.4. The largest absolute Gasteiger partial charge is 0.352 e. The zero-order valence-electron chi connectivity index (χ0n) is 19.3. The van der Waals surface area contributed by atoms with Crippen LogP contribution in [0.15, 0.2) is 48.0 Å². The van der Waals surface area contributed by atoms with Crippen LogP contribution in [-0.2, 0) is 11.3 Å². The van der Waals surface area contributed by atoms with Gasteiger partial charge in [-0.3, -0.25) is 14.4 Å². The van der Waals surface area contributed by atoms with Crippen molar-refractivity contribution in [2.45, 2.75) is 45.5 Å². The molecule has 1 unspecified atom stereocenters. The Labute approximate surface area is 215 Å². The molecule has 0 saturated heterocycles. The van der Waals surface area contributed by atoms with Crippen LogP contribution in [0.2, 0.25) is 10.0 Å². The van der Waals surface area contributed by atoms with E-state index in [1.54, 1.807) is 43.3 Å². The molecular formula is C25H28Cl3N3O3. The van der Waals surface area contributed by atoms with Gasteiger partial charge in [-0.15, -0.1) is 11.6 Å². The number of rotatable bonds is 10. The minimum absolute atomic E-state index is 0.0532. The number of halogens is 3. The van der Waals surface area contributed by atoms with Gasteiger partial charge in [-0.1, -0.05) is 42.3 Å². The smallest absolute Gasteiger partial charge is 0.257 e. The van der Waals surface area contributed by atoms with E-state index in [0.717, 1.165) is 6.42 Å². The zero-order chi connectivity index (χ0) is 25.3. The quantitative estimate of drug-likeness (QED) is 0.264. The molecule has 3 N–H and O–H groups in total. The van der Waals surface area contributed by atoms with Crippen molar-refractivity contribution in [2.24, 2.45) is 0 Å². The molecule has 0 radical (unpaired) electrons. The van der Waals surface area contributed by atoms with Gasteiger partial charge in [0.05, 0.1) is 21.2 Å². The molecule has 2 aromatic carbocycles. The van der Waals surface area contributed by atoms with Crippen molar-refractivity contribution in [3.8, 4) is 0 Å². The lowest BCUT2D eigenvalue weighted by Gasteiger charge is -2.12. The molecule has 0 fully saturated rings. The highest BCUT2D eigenvalue weighted by Crippen LogP contribution is 2.23. The number of anilines is 1. The number of carbonyl (C=O) groups excluding carboxylic acids is 3. The van der Waals surface area contributed by atoms with Crippen LogP contribution < -0.4 is 16.0 Å². The van der Waals surface area contributed by atoms with Crippen molar-refractivity contribution in [1.82, 2.24) is 10.6 Å². The third-order valence-corrected chi connectivity index (χ3v) is 5.68. The molecular weight excluding hydrogens is 497 g/mol. The van der Waals surface area contributed by atoms with Gasteiger partial charge in [0, 0.05) is 29.7 Å². The molecule has 2 aromatic rings. The maximum atomic E-state index is 12.9. The van der Waals surface area contributed by atoms with Crippen molar-refractivity contribution in [2.75, 3.05) is 11.9 Å². The predicted molar refractivity (Wildman–Crippen MR) is 139 cm³/mol. The van der Waals surface area contributed by atoms with Crippen molar-refractivity contribution in [3.63, 3.8) is 0 Å². The van der Waals surface area contributed by atoms with Gasteiger partial charge in [0.1, 0.15) is 0 Å². The Kier molecular flexibility index (Phi) is 10.9. The fourth-order valence-electron chi connectivity index (χ4n) is 2.92. The molecule has 0 bridgehead atoms. The first-order chi connectivity index (χ1) is 16.1. The summed E-state index contributed by atoms with van der Waals surface area (Å²) in [5.74, 6) is -0.982. The van der Waals surface area contributed by atoms with Crippen LogP contribution in [0.1, 0.15) is 59.9 Å². The van der Waals surface area contributed by atoms with Gasteiger partial charge in [0.2, 0.25) is 5.91 Å². The van der Waals surface area contributed by atoms with E-state index in [-0.39, 0.29) is 44.9 Å². The highest BCUT2D eigenvalue weighted by molar-refractivity contribution is 6.35. The van der Waals surface area contributed by atoms with E-state index >= 15 is 0 Å². The molecule has 3 amide bonds. The summed E-state index contributed by atoms with van der Waals surface area (Å²) in [6.45, 7) is 6.27. The third kappa shape index (κ3) is 8.35. The van der Waals surface area contributed by atoms with Crippen LogP contribution in [0.4, 0.5) is 5.69 Å². The predicted octanol–water partition coefficient (Wildman–Crippen LogP) is 5.97. The summed E-state index contributed by atoms with van der Waals surface area (Å²) in [4.78, 5) is 37.5. The maximum absolute atomic E-state index is 12.9. The van der Waals surface area contributed by atoms with Crippen LogP contribution in [0.5, 0.6) is 0 Å². The van der Waals surface area contributed by atoms with Gasteiger partial charge in [0.15, 0.2) is 0 Å². The molecule has 0 aliphatic rings. The van der Waals surface area contributed by atoms with Gasteiger partial charge in [-0.2, -0.15) is 0 Å². The number of nitrogens with one attached hydrogen (secondary N) is 3. The standard InChI is InChI=1S/C25H28Cl3N3O3/c1-4-11-29-24(33)20-13-18(8-10-22(20)28)31-25(34)19-12-17(7-9-21(19)27)14-30-23(32)15(2)5-6-16(3)26/h5,7-10,12-13,16H,4,6,11,14H2,1-3H3,(H,29,33)(H,30,32)(H,31,34)/b15-5+. The summed E-state index contributed by atoms with van der Waals surface area (Å²) >= 11 is 18.3. The van der Waals surface area contributed by atoms with Gasteiger partial charge >= 0.3 is 0 Å². The van der Waals surface area contributed by atoms with Crippen molar-refractivity contribution in [3.05, 3.63) is 74.8 Å². The zero-order valence-corrected chi connectivity index (χ0v) is 21.6. The van der Waals surface area contributed by atoms with Crippen molar-refractivity contribution < 1.29 is 14.4 Å². The number of benzene rings is 2. The van der Waals surface area contributed by atoms with Crippen LogP contribution in [-0.4, -0.2) is 29.6 Å². The van der Waals surface area contributed by atoms with E-state index in [4.69, 9.17) is 34.8 Å². The highest BCUT2D eigenvalue weighted by Gasteiger charge is 2.15. The van der Waals surface area contributed by atoms with Crippen LogP contribution in [0.25, 0.3) is 0 Å². The van der Waals surface area contributed by atoms with Gasteiger partial charge in [0.25, 0.3) is 11.8 Å². The summed E-state index contributed by atoms with van der Waals surface area (Å²) in [6, 6.07) is 9.61. The minimum atomic E-state index is -0.451. The molecule has 6 nitrogen and oxygen atoms in total. The van der Waals surface area contributed by atoms with Gasteiger partial charge < -0.3 is 16.0 Å². The second-order valence-electron chi connectivity index (χ2n) is 7.81. The number of allylic oxidation sites excluding steroid dienone is 1. The van der Waals surface area contributed by atoms with E-state index in [9.17, 15) is 14.4 Å². The SMILES string of the molecule is CCCNC(=O)c1cc(NC(=O)c2cc(CNC(=O)/C(C)=C/CC(C)Cl)ccc2Cl)ccc1Cl. The molecule has 0 aliphatic carbocycles. The molecule has 0 spiro atoms. The molecule has 0 saturated carbocycles. The van der Waals surface area contributed by atoms with Crippen LogP contribution in [0, 0.1) is 0 Å². The summed E-state index contributed by atoms with van der Waals surface area (Å²) in [6.07, 6.45) is 3.17. The molecule has 182 valence electrons. The second-order valence-corrected chi connectivity index (χ2v) is 9.36. The number of carbonyl (C=O) groups is 3. The highest BCUT2D eigenvalue weighted by atomic mass is 35.5. The topological polar surface area (TPSA) is 87.3 Å². The van der Waals surface area contributed by atoms with E-state index in [1.807, 2.05) is 13.8 Å². The molecule has 9 heteroatoms. The first-order valence-electron chi connectivity index (χ1n) is 10.9. The number of hydrogen-bond acceptors (Lipinski definition) is 3.